The predicted octanol–water partition coefficient (Wildman–Crippen LogP) is 3.35. The average molecular weight is 270 g/mol. The number of rotatable bonds is 5. The quantitative estimate of drug-likeness (QED) is 0.806. The van der Waals surface area contributed by atoms with Crippen molar-refractivity contribution in [2.75, 3.05) is 11.9 Å². The second kappa shape index (κ2) is 6.12. The zero-order chi connectivity index (χ0) is 13.8. The van der Waals surface area contributed by atoms with E-state index in [2.05, 4.69) is 22.8 Å². The molecular weight excluding hydrogens is 248 g/mol. The lowest BCUT2D eigenvalue weighted by Crippen LogP contribution is -2.25. The van der Waals surface area contributed by atoms with Gasteiger partial charge >= 0.3 is 0 Å². The first-order chi connectivity index (χ1) is 9.81. The molecule has 2 aliphatic carbocycles. The van der Waals surface area contributed by atoms with E-state index in [0.717, 1.165) is 36.6 Å². The monoisotopic (exact) mass is 270 g/mol. The van der Waals surface area contributed by atoms with Crippen molar-refractivity contribution in [2.24, 2.45) is 5.92 Å². The van der Waals surface area contributed by atoms with E-state index in [4.69, 9.17) is 0 Å². The van der Waals surface area contributed by atoms with Gasteiger partial charge in [0.25, 0.3) is 5.91 Å². The molecule has 106 valence electrons. The first-order valence-electron chi connectivity index (χ1n) is 7.61. The molecule has 0 aliphatic heterocycles. The number of carbonyl (C=O) groups excluding carboxylic acids is 1. The summed E-state index contributed by atoms with van der Waals surface area (Å²) >= 11 is 0. The number of benzene rings is 1. The number of anilines is 1. The smallest absolute Gasteiger partial charge is 0.251 e. The van der Waals surface area contributed by atoms with Crippen molar-refractivity contribution < 1.29 is 4.79 Å². The van der Waals surface area contributed by atoms with Crippen molar-refractivity contribution in [3.63, 3.8) is 0 Å². The third kappa shape index (κ3) is 3.62. The van der Waals surface area contributed by atoms with Crippen LogP contribution in [-0.2, 0) is 0 Å². The van der Waals surface area contributed by atoms with Crippen LogP contribution in [0.5, 0.6) is 0 Å². The van der Waals surface area contributed by atoms with Crippen molar-refractivity contribution >= 4 is 11.6 Å². The van der Waals surface area contributed by atoms with Crippen LogP contribution in [0.1, 0.15) is 42.5 Å². The number of carbonyl (C=O) groups is 1. The van der Waals surface area contributed by atoms with E-state index < -0.39 is 0 Å². The summed E-state index contributed by atoms with van der Waals surface area (Å²) in [6.07, 6.45) is 10.4. The lowest BCUT2D eigenvalue weighted by Gasteiger charge is -2.18. The maximum Gasteiger partial charge on any atom is 0.251 e. The van der Waals surface area contributed by atoms with E-state index >= 15 is 0 Å². The summed E-state index contributed by atoms with van der Waals surface area (Å²) in [5.74, 6) is 0.786. The minimum absolute atomic E-state index is 0.0523. The maximum atomic E-state index is 11.9. The van der Waals surface area contributed by atoms with Crippen molar-refractivity contribution in [1.82, 2.24) is 5.32 Å². The van der Waals surface area contributed by atoms with E-state index in [1.165, 1.54) is 19.3 Å². The lowest BCUT2D eigenvalue weighted by atomic mass is 9.94. The Kier molecular flexibility index (Phi) is 4.05. The SMILES string of the molecule is O=C(NC1CC1)c1ccc(NCC2CC=CCC2)cc1. The Morgan fingerprint density at radius 1 is 1.10 bits per heavy atom. The van der Waals surface area contributed by atoms with Gasteiger partial charge in [-0.15, -0.1) is 0 Å². The van der Waals surface area contributed by atoms with Crippen LogP contribution in [0.15, 0.2) is 36.4 Å². The molecule has 1 saturated carbocycles. The molecule has 1 unspecified atom stereocenters. The molecule has 0 spiro atoms. The van der Waals surface area contributed by atoms with Gasteiger partial charge < -0.3 is 10.6 Å². The largest absolute Gasteiger partial charge is 0.385 e. The highest BCUT2D eigenvalue weighted by Crippen LogP contribution is 2.21. The van der Waals surface area contributed by atoms with Crippen LogP contribution in [0, 0.1) is 5.92 Å². The number of hydrogen-bond acceptors (Lipinski definition) is 2. The molecule has 3 rings (SSSR count). The lowest BCUT2D eigenvalue weighted by molar-refractivity contribution is 0.0951. The third-order valence-electron chi connectivity index (χ3n) is 4.03. The van der Waals surface area contributed by atoms with Gasteiger partial charge in [0.1, 0.15) is 0 Å². The highest BCUT2D eigenvalue weighted by Gasteiger charge is 2.23. The molecule has 0 bridgehead atoms. The Balaban J connectivity index is 1.50. The maximum absolute atomic E-state index is 11.9. The fraction of sp³-hybridized carbons (Fsp3) is 0.471. The molecule has 1 aromatic rings. The van der Waals surface area contributed by atoms with Gasteiger partial charge in [0, 0.05) is 23.8 Å². The van der Waals surface area contributed by atoms with E-state index in [1.54, 1.807) is 0 Å². The first-order valence-corrected chi connectivity index (χ1v) is 7.61. The van der Waals surface area contributed by atoms with E-state index in [1.807, 2.05) is 24.3 Å². The molecule has 3 nitrogen and oxygen atoms in total. The summed E-state index contributed by atoms with van der Waals surface area (Å²) < 4.78 is 0. The Morgan fingerprint density at radius 3 is 2.55 bits per heavy atom. The molecule has 1 fully saturated rings. The molecule has 0 aromatic heterocycles. The van der Waals surface area contributed by atoms with Crippen molar-refractivity contribution in [3.05, 3.63) is 42.0 Å². The minimum Gasteiger partial charge on any atom is -0.385 e. The van der Waals surface area contributed by atoms with Crippen LogP contribution in [0.3, 0.4) is 0 Å². The average Bonchev–Trinajstić information content (AvgIpc) is 3.31. The van der Waals surface area contributed by atoms with Crippen molar-refractivity contribution in [2.45, 2.75) is 38.1 Å². The van der Waals surface area contributed by atoms with Gasteiger partial charge in [-0.2, -0.15) is 0 Å². The third-order valence-corrected chi connectivity index (χ3v) is 4.03. The van der Waals surface area contributed by atoms with Gasteiger partial charge in [-0.25, -0.2) is 0 Å². The van der Waals surface area contributed by atoms with Crippen molar-refractivity contribution in [1.29, 1.82) is 0 Å². The molecule has 20 heavy (non-hydrogen) atoms. The second-order valence-corrected chi connectivity index (χ2v) is 5.86. The molecule has 3 heteroatoms. The van der Waals surface area contributed by atoms with Crippen molar-refractivity contribution in [3.8, 4) is 0 Å². The fourth-order valence-corrected chi connectivity index (χ4v) is 2.54. The molecule has 1 amide bonds. The standard InChI is InChI=1S/C17H22N2O/c20-17(19-16-10-11-16)14-6-8-15(9-7-14)18-12-13-4-2-1-3-5-13/h1-2,6-9,13,16,18H,3-5,10-12H2,(H,19,20). The highest BCUT2D eigenvalue weighted by atomic mass is 16.1. The van der Waals surface area contributed by atoms with Gasteiger partial charge in [0.15, 0.2) is 0 Å². The van der Waals surface area contributed by atoms with Gasteiger partial charge in [0.2, 0.25) is 0 Å². The number of hydrogen-bond donors (Lipinski definition) is 2. The van der Waals surface area contributed by atoms with Gasteiger partial charge in [-0.3, -0.25) is 4.79 Å². The van der Waals surface area contributed by atoms with E-state index in [-0.39, 0.29) is 5.91 Å². The Morgan fingerprint density at radius 2 is 1.90 bits per heavy atom. The molecule has 0 saturated heterocycles. The van der Waals surface area contributed by atoms with Crippen LogP contribution in [0.2, 0.25) is 0 Å². The molecule has 2 N–H and O–H groups in total. The van der Waals surface area contributed by atoms with Crippen LogP contribution in [0.25, 0.3) is 0 Å². The molecular formula is C17H22N2O. The van der Waals surface area contributed by atoms with Crippen LogP contribution in [-0.4, -0.2) is 18.5 Å². The molecule has 0 heterocycles. The Labute approximate surface area is 120 Å². The molecule has 0 radical (unpaired) electrons. The van der Waals surface area contributed by atoms with Crippen LogP contribution < -0.4 is 10.6 Å². The zero-order valence-electron chi connectivity index (χ0n) is 11.8. The van der Waals surface area contributed by atoms with Gasteiger partial charge in [-0.05, 0) is 62.3 Å². The number of nitrogens with one attached hydrogen (secondary N) is 2. The topological polar surface area (TPSA) is 41.1 Å². The summed E-state index contributed by atoms with van der Waals surface area (Å²) in [7, 11) is 0. The minimum atomic E-state index is 0.0523. The zero-order valence-corrected chi connectivity index (χ0v) is 11.8. The van der Waals surface area contributed by atoms with Crippen LogP contribution >= 0.6 is 0 Å². The molecule has 2 aliphatic rings. The van der Waals surface area contributed by atoms with Gasteiger partial charge in [-0.1, -0.05) is 12.2 Å². The Bertz CT molecular complexity index is 488. The number of allylic oxidation sites excluding steroid dienone is 2. The van der Waals surface area contributed by atoms with Gasteiger partial charge in [0.05, 0.1) is 0 Å². The number of amides is 1. The Hall–Kier alpha value is -1.77. The molecule has 1 aromatic carbocycles. The summed E-state index contributed by atoms with van der Waals surface area (Å²) in [4.78, 5) is 11.9. The summed E-state index contributed by atoms with van der Waals surface area (Å²) in [5, 5.41) is 6.47. The van der Waals surface area contributed by atoms with E-state index in [9.17, 15) is 4.79 Å². The summed E-state index contributed by atoms with van der Waals surface area (Å²) in [6, 6.07) is 8.22. The normalized spacial score (nSPS) is 21.5. The predicted molar refractivity (Wildman–Crippen MR) is 81.9 cm³/mol. The first kappa shape index (κ1) is 13.2. The highest BCUT2D eigenvalue weighted by molar-refractivity contribution is 5.94. The fourth-order valence-electron chi connectivity index (χ4n) is 2.54. The second-order valence-electron chi connectivity index (χ2n) is 5.86. The van der Waals surface area contributed by atoms with E-state index in [0.29, 0.717) is 6.04 Å². The molecule has 1 atom stereocenters. The summed E-state index contributed by atoms with van der Waals surface area (Å²) in [5.41, 5.74) is 1.85. The van der Waals surface area contributed by atoms with Crippen LogP contribution in [0.4, 0.5) is 5.69 Å². The summed E-state index contributed by atoms with van der Waals surface area (Å²) in [6.45, 7) is 1.01.